The molecule has 0 saturated carbocycles. The van der Waals surface area contributed by atoms with Crippen LogP contribution in [-0.4, -0.2) is 54.2 Å². The lowest BCUT2D eigenvalue weighted by atomic mass is 10.0. The Balaban J connectivity index is 1.60. The normalized spacial score (nSPS) is 16.9. The minimum Gasteiger partial charge on any atom is -0.390 e. The number of nitrogens with zero attached hydrogens (tertiary/aromatic N) is 2. The first-order valence-electron chi connectivity index (χ1n) is 9.58. The van der Waals surface area contributed by atoms with Crippen molar-refractivity contribution >= 4 is 5.71 Å². The van der Waals surface area contributed by atoms with Crippen molar-refractivity contribution in [1.29, 1.82) is 0 Å². The summed E-state index contributed by atoms with van der Waals surface area (Å²) in [7, 11) is 0. The van der Waals surface area contributed by atoms with Crippen LogP contribution < -0.4 is 0 Å². The lowest BCUT2D eigenvalue weighted by molar-refractivity contribution is 0.00418. The van der Waals surface area contributed by atoms with Crippen molar-refractivity contribution in [2.24, 2.45) is 5.16 Å². The molecule has 0 amide bonds. The van der Waals surface area contributed by atoms with Gasteiger partial charge in [-0.25, -0.2) is 4.39 Å². The minimum absolute atomic E-state index is 0.121. The fraction of sp³-hybridized carbons (Fsp3) is 0.348. The highest BCUT2D eigenvalue weighted by atomic mass is 19.1. The molecule has 5 nitrogen and oxygen atoms in total. The molecule has 0 radical (unpaired) electrons. The molecule has 2 aromatic rings. The van der Waals surface area contributed by atoms with Gasteiger partial charge in [0, 0.05) is 26.1 Å². The molecule has 0 aromatic heterocycles. The Morgan fingerprint density at radius 2 is 2.00 bits per heavy atom. The zero-order chi connectivity index (χ0) is 20.5. The van der Waals surface area contributed by atoms with Crippen molar-refractivity contribution in [2.45, 2.75) is 25.2 Å². The SMILES string of the molecule is C#CCOC[C@H](O)CN(Cc1ccc(F)cc1)C[C@@H]1CC(c2ccccc2)=NO1. The summed E-state index contributed by atoms with van der Waals surface area (Å²) in [6, 6.07) is 16.3. The predicted octanol–water partition coefficient (Wildman–Crippen LogP) is 2.83. The average molecular weight is 396 g/mol. The molecule has 1 N–H and O–H groups in total. The molecule has 1 heterocycles. The maximum atomic E-state index is 13.2. The summed E-state index contributed by atoms with van der Waals surface area (Å²) in [5, 5.41) is 14.5. The van der Waals surface area contributed by atoms with Gasteiger partial charge in [0.1, 0.15) is 18.5 Å². The Bertz CT molecular complexity index is 833. The van der Waals surface area contributed by atoms with Crippen LogP contribution in [0.3, 0.4) is 0 Å². The second-order valence-corrected chi connectivity index (χ2v) is 7.03. The van der Waals surface area contributed by atoms with Gasteiger partial charge in [-0.05, 0) is 23.3 Å². The first-order chi connectivity index (χ1) is 14.1. The molecule has 3 rings (SSSR count). The van der Waals surface area contributed by atoms with E-state index in [0.717, 1.165) is 16.8 Å². The molecule has 0 bridgehead atoms. The summed E-state index contributed by atoms with van der Waals surface area (Å²) in [5.74, 6) is 2.11. The monoisotopic (exact) mass is 396 g/mol. The molecule has 0 spiro atoms. The second kappa shape index (κ2) is 10.7. The van der Waals surface area contributed by atoms with E-state index in [1.165, 1.54) is 12.1 Å². The molecule has 1 aliphatic rings. The van der Waals surface area contributed by atoms with Crippen LogP contribution in [0, 0.1) is 18.2 Å². The number of aliphatic hydroxyl groups is 1. The third-order valence-electron chi connectivity index (χ3n) is 4.59. The van der Waals surface area contributed by atoms with Crippen LogP contribution in [0.1, 0.15) is 17.5 Å². The molecule has 2 atom stereocenters. The highest BCUT2D eigenvalue weighted by Gasteiger charge is 2.25. The number of rotatable bonds is 10. The number of halogens is 1. The van der Waals surface area contributed by atoms with E-state index in [9.17, 15) is 9.50 Å². The Morgan fingerprint density at radius 1 is 1.24 bits per heavy atom. The van der Waals surface area contributed by atoms with Crippen molar-refractivity contribution in [2.75, 3.05) is 26.3 Å². The third kappa shape index (κ3) is 6.68. The topological polar surface area (TPSA) is 54.3 Å². The van der Waals surface area contributed by atoms with Gasteiger partial charge in [-0.3, -0.25) is 4.90 Å². The molecular formula is C23H25FN2O3. The van der Waals surface area contributed by atoms with Crippen LogP contribution in [0.5, 0.6) is 0 Å². The lowest BCUT2D eigenvalue weighted by Gasteiger charge is -2.27. The summed E-state index contributed by atoms with van der Waals surface area (Å²) >= 11 is 0. The Labute approximate surface area is 170 Å². The Morgan fingerprint density at radius 3 is 2.72 bits per heavy atom. The van der Waals surface area contributed by atoms with Gasteiger partial charge < -0.3 is 14.7 Å². The number of hydrogen-bond acceptors (Lipinski definition) is 5. The number of aliphatic hydroxyl groups excluding tert-OH is 1. The standard InChI is InChI=1S/C23H25FN2O3/c1-2-12-28-17-21(27)15-26(14-18-8-10-20(24)11-9-18)16-22-13-23(25-29-22)19-6-4-3-5-7-19/h1,3-11,21-22,27H,12-17H2/t21-,22+/m1/s1. The van der Waals surface area contributed by atoms with E-state index >= 15 is 0 Å². The molecule has 0 unspecified atom stereocenters. The van der Waals surface area contributed by atoms with Gasteiger partial charge in [0.25, 0.3) is 0 Å². The summed E-state index contributed by atoms with van der Waals surface area (Å²) < 4.78 is 18.5. The van der Waals surface area contributed by atoms with Crippen molar-refractivity contribution in [1.82, 2.24) is 4.90 Å². The van der Waals surface area contributed by atoms with Crippen molar-refractivity contribution in [3.8, 4) is 12.3 Å². The zero-order valence-electron chi connectivity index (χ0n) is 16.2. The zero-order valence-corrected chi connectivity index (χ0v) is 16.2. The molecule has 29 heavy (non-hydrogen) atoms. The largest absolute Gasteiger partial charge is 0.390 e. The van der Waals surface area contributed by atoms with E-state index in [2.05, 4.69) is 16.0 Å². The molecule has 0 saturated heterocycles. The number of terminal acetylenes is 1. The fourth-order valence-corrected chi connectivity index (χ4v) is 3.27. The maximum absolute atomic E-state index is 13.2. The van der Waals surface area contributed by atoms with Crippen LogP contribution in [-0.2, 0) is 16.1 Å². The Kier molecular flexibility index (Phi) is 7.77. The van der Waals surface area contributed by atoms with Gasteiger partial charge in [-0.2, -0.15) is 0 Å². The fourth-order valence-electron chi connectivity index (χ4n) is 3.27. The third-order valence-corrected chi connectivity index (χ3v) is 4.59. The van der Waals surface area contributed by atoms with Crippen LogP contribution in [0.25, 0.3) is 0 Å². The van der Waals surface area contributed by atoms with E-state index in [4.69, 9.17) is 16.0 Å². The summed E-state index contributed by atoms with van der Waals surface area (Å²) in [6.07, 6.45) is 5.05. The van der Waals surface area contributed by atoms with Crippen LogP contribution in [0.4, 0.5) is 4.39 Å². The van der Waals surface area contributed by atoms with E-state index in [-0.39, 0.29) is 25.1 Å². The summed E-state index contributed by atoms with van der Waals surface area (Å²) in [5.41, 5.74) is 2.91. The van der Waals surface area contributed by atoms with Gasteiger partial charge in [-0.15, -0.1) is 6.42 Å². The average Bonchev–Trinajstić information content (AvgIpc) is 3.19. The summed E-state index contributed by atoms with van der Waals surface area (Å²) in [4.78, 5) is 7.70. The molecule has 0 aliphatic carbocycles. The first kappa shape index (κ1) is 21.0. The van der Waals surface area contributed by atoms with Gasteiger partial charge in [0.05, 0.1) is 18.4 Å². The summed E-state index contributed by atoms with van der Waals surface area (Å²) in [6.45, 7) is 1.81. The van der Waals surface area contributed by atoms with E-state index in [0.29, 0.717) is 26.1 Å². The second-order valence-electron chi connectivity index (χ2n) is 7.03. The smallest absolute Gasteiger partial charge is 0.145 e. The van der Waals surface area contributed by atoms with Crippen molar-refractivity contribution < 1.29 is 19.1 Å². The molecule has 6 heteroatoms. The van der Waals surface area contributed by atoms with E-state index in [1.807, 2.05) is 30.3 Å². The molecular weight excluding hydrogens is 371 g/mol. The molecule has 152 valence electrons. The van der Waals surface area contributed by atoms with Gasteiger partial charge in [-0.1, -0.05) is 53.5 Å². The van der Waals surface area contributed by atoms with Crippen LogP contribution in [0.15, 0.2) is 59.8 Å². The van der Waals surface area contributed by atoms with Crippen molar-refractivity contribution in [3.63, 3.8) is 0 Å². The van der Waals surface area contributed by atoms with Crippen LogP contribution in [0.2, 0.25) is 0 Å². The predicted molar refractivity (Wildman–Crippen MR) is 110 cm³/mol. The van der Waals surface area contributed by atoms with E-state index < -0.39 is 6.10 Å². The highest BCUT2D eigenvalue weighted by Crippen LogP contribution is 2.19. The maximum Gasteiger partial charge on any atom is 0.145 e. The van der Waals surface area contributed by atoms with Crippen molar-refractivity contribution in [3.05, 3.63) is 71.5 Å². The molecule has 0 fully saturated rings. The van der Waals surface area contributed by atoms with Crippen LogP contribution >= 0.6 is 0 Å². The quantitative estimate of drug-likeness (QED) is 0.496. The molecule has 2 aromatic carbocycles. The number of ether oxygens (including phenoxy) is 1. The minimum atomic E-state index is -0.695. The molecule has 1 aliphatic heterocycles. The van der Waals surface area contributed by atoms with Gasteiger partial charge in [0.15, 0.2) is 0 Å². The van der Waals surface area contributed by atoms with Gasteiger partial charge >= 0.3 is 0 Å². The lowest BCUT2D eigenvalue weighted by Crippen LogP contribution is -2.39. The first-order valence-corrected chi connectivity index (χ1v) is 9.58. The van der Waals surface area contributed by atoms with E-state index in [1.54, 1.807) is 12.1 Å². The highest BCUT2D eigenvalue weighted by molar-refractivity contribution is 6.01. The number of benzene rings is 2. The number of oxime groups is 1. The van der Waals surface area contributed by atoms with Gasteiger partial charge in [0.2, 0.25) is 0 Å². The number of hydrogen-bond donors (Lipinski definition) is 1. The Hall–Kier alpha value is -2.72.